The van der Waals surface area contributed by atoms with Gasteiger partial charge in [-0.05, 0) is 54.2 Å². The molecule has 0 aromatic heterocycles. The number of hydrogen-bond donors (Lipinski definition) is 0. The third-order valence-electron chi connectivity index (χ3n) is 5.38. The Morgan fingerprint density at radius 1 is 1.13 bits per heavy atom. The van der Waals surface area contributed by atoms with E-state index in [-0.39, 0.29) is 10.8 Å². The van der Waals surface area contributed by atoms with Gasteiger partial charge in [0.1, 0.15) is 0 Å². The maximum Gasteiger partial charge on any atom is 0.253 e. The van der Waals surface area contributed by atoms with Crippen LogP contribution in [0.2, 0.25) is 0 Å². The van der Waals surface area contributed by atoms with E-state index in [0.29, 0.717) is 42.6 Å². The fourth-order valence-electron chi connectivity index (χ4n) is 4.05. The molecule has 0 N–H and O–H groups in total. The van der Waals surface area contributed by atoms with Crippen LogP contribution in [0.3, 0.4) is 0 Å². The summed E-state index contributed by atoms with van der Waals surface area (Å²) in [6.07, 6.45) is 1.02. The summed E-state index contributed by atoms with van der Waals surface area (Å²) in [5, 5.41) is 9.04. The number of amides is 1. The average Bonchev–Trinajstić information content (AvgIpc) is 2.72. The Labute approximate surface area is 178 Å². The van der Waals surface area contributed by atoms with Crippen molar-refractivity contribution in [2.24, 2.45) is 11.8 Å². The van der Waals surface area contributed by atoms with Gasteiger partial charge in [-0.15, -0.1) is 0 Å². The van der Waals surface area contributed by atoms with Crippen molar-refractivity contribution in [3.05, 3.63) is 65.2 Å². The van der Waals surface area contributed by atoms with E-state index in [4.69, 9.17) is 5.26 Å². The number of hydrogen-bond acceptors (Lipinski definition) is 4. The first-order chi connectivity index (χ1) is 14.2. The van der Waals surface area contributed by atoms with Crippen LogP contribution in [-0.4, -0.2) is 43.7 Å². The summed E-state index contributed by atoms with van der Waals surface area (Å²) in [6, 6.07) is 15.4. The smallest absolute Gasteiger partial charge is 0.253 e. The molecule has 2 unspecified atom stereocenters. The van der Waals surface area contributed by atoms with Crippen LogP contribution in [0.1, 0.15) is 41.8 Å². The fraction of sp³-hybridized carbons (Fsp3) is 0.391. The molecular weight excluding hydrogens is 398 g/mol. The van der Waals surface area contributed by atoms with E-state index in [9.17, 15) is 13.2 Å². The monoisotopic (exact) mass is 425 g/mol. The van der Waals surface area contributed by atoms with Gasteiger partial charge in [0.25, 0.3) is 5.91 Å². The lowest BCUT2D eigenvalue weighted by atomic mass is 9.94. The Morgan fingerprint density at radius 2 is 1.80 bits per heavy atom. The van der Waals surface area contributed by atoms with E-state index in [0.717, 1.165) is 12.0 Å². The normalized spacial score (nSPS) is 19.8. The van der Waals surface area contributed by atoms with Gasteiger partial charge in [-0.1, -0.05) is 32.0 Å². The van der Waals surface area contributed by atoms with Crippen LogP contribution in [0.25, 0.3) is 0 Å². The first kappa shape index (κ1) is 22.0. The van der Waals surface area contributed by atoms with E-state index in [1.165, 1.54) is 15.3 Å². The molecule has 1 fully saturated rings. The molecule has 2 atom stereocenters. The zero-order valence-corrected chi connectivity index (χ0v) is 18.4. The van der Waals surface area contributed by atoms with Gasteiger partial charge in [0.2, 0.25) is 10.0 Å². The van der Waals surface area contributed by atoms with Gasteiger partial charge in [-0.3, -0.25) is 4.79 Å². The molecule has 6 nitrogen and oxygen atoms in total. The van der Waals surface area contributed by atoms with Crippen LogP contribution >= 0.6 is 0 Å². The lowest BCUT2D eigenvalue weighted by Crippen LogP contribution is -2.42. The van der Waals surface area contributed by atoms with Gasteiger partial charge in [0, 0.05) is 32.2 Å². The topological polar surface area (TPSA) is 81.5 Å². The van der Waals surface area contributed by atoms with E-state index >= 15 is 0 Å². The van der Waals surface area contributed by atoms with E-state index in [1.807, 2.05) is 6.07 Å². The molecule has 1 aliphatic rings. The highest BCUT2D eigenvalue weighted by Gasteiger charge is 2.32. The third kappa shape index (κ3) is 4.89. The molecule has 1 heterocycles. The zero-order chi connectivity index (χ0) is 21.9. The molecule has 1 amide bonds. The first-order valence-electron chi connectivity index (χ1n) is 10.1. The molecule has 3 rings (SSSR count). The molecule has 2 aromatic rings. The van der Waals surface area contributed by atoms with Crippen molar-refractivity contribution in [3.8, 4) is 6.07 Å². The minimum atomic E-state index is -3.65. The van der Waals surface area contributed by atoms with Crippen molar-refractivity contribution in [1.29, 1.82) is 5.26 Å². The van der Waals surface area contributed by atoms with E-state index in [2.05, 4.69) is 19.9 Å². The largest absolute Gasteiger partial charge is 0.337 e. The maximum atomic E-state index is 13.2. The molecule has 0 radical (unpaired) electrons. The van der Waals surface area contributed by atoms with Crippen molar-refractivity contribution in [2.75, 3.05) is 20.1 Å². The second kappa shape index (κ2) is 8.99. The Kier molecular flexibility index (Phi) is 6.59. The number of sulfonamides is 1. The number of rotatable bonds is 5. The maximum absolute atomic E-state index is 13.2. The van der Waals surface area contributed by atoms with Gasteiger partial charge in [-0.2, -0.15) is 9.57 Å². The Hall–Kier alpha value is -2.69. The standard InChI is InChI=1S/C23H27N3O3S/c1-17-10-18(2)15-26(14-17)30(28,29)22-9-5-8-21(12-22)23(27)25(3)16-20-7-4-6-19(11-20)13-24/h4-9,11-12,17-18H,10,14-16H2,1-3H3. The Balaban J connectivity index is 1.80. The number of carbonyl (C=O) groups excluding carboxylic acids is 1. The number of carbonyl (C=O) groups is 1. The minimum Gasteiger partial charge on any atom is -0.337 e. The summed E-state index contributed by atoms with van der Waals surface area (Å²) in [6.45, 7) is 5.45. The fourth-order valence-corrected chi connectivity index (χ4v) is 5.77. The van der Waals surface area contributed by atoms with Crippen molar-refractivity contribution < 1.29 is 13.2 Å². The molecular formula is C23H27N3O3S. The SMILES string of the molecule is CC1CC(C)CN(S(=O)(=O)c2cccc(C(=O)N(C)Cc3cccc(C#N)c3)c2)C1. The highest BCUT2D eigenvalue weighted by Crippen LogP contribution is 2.27. The van der Waals surface area contributed by atoms with Gasteiger partial charge < -0.3 is 4.90 Å². The summed E-state index contributed by atoms with van der Waals surface area (Å²) in [7, 11) is -1.99. The van der Waals surface area contributed by atoms with Crippen molar-refractivity contribution >= 4 is 15.9 Å². The zero-order valence-electron chi connectivity index (χ0n) is 17.6. The summed E-state index contributed by atoms with van der Waals surface area (Å²) in [5.41, 5.74) is 1.70. The Bertz CT molecular complexity index is 1070. The third-order valence-corrected chi connectivity index (χ3v) is 7.20. The predicted molar refractivity (Wildman–Crippen MR) is 115 cm³/mol. The predicted octanol–water partition coefficient (Wildman–Crippen LogP) is 3.50. The van der Waals surface area contributed by atoms with Crippen molar-refractivity contribution in [1.82, 2.24) is 9.21 Å². The number of benzene rings is 2. The van der Waals surface area contributed by atoms with Gasteiger partial charge in [-0.25, -0.2) is 8.42 Å². The second-order valence-electron chi connectivity index (χ2n) is 8.27. The van der Waals surface area contributed by atoms with Crippen LogP contribution in [0.15, 0.2) is 53.4 Å². The van der Waals surface area contributed by atoms with E-state index < -0.39 is 10.0 Å². The molecule has 2 aromatic carbocycles. The summed E-state index contributed by atoms with van der Waals surface area (Å²) >= 11 is 0. The lowest BCUT2D eigenvalue weighted by Gasteiger charge is -2.34. The number of piperidine rings is 1. The number of nitriles is 1. The van der Waals surface area contributed by atoms with Gasteiger partial charge >= 0.3 is 0 Å². The summed E-state index contributed by atoms with van der Waals surface area (Å²) < 4.78 is 27.8. The average molecular weight is 426 g/mol. The molecule has 0 spiro atoms. The minimum absolute atomic E-state index is 0.148. The van der Waals surface area contributed by atoms with Gasteiger partial charge in [0.05, 0.1) is 16.5 Å². The van der Waals surface area contributed by atoms with Crippen LogP contribution < -0.4 is 0 Å². The molecule has 7 heteroatoms. The molecule has 0 saturated carbocycles. The highest BCUT2D eigenvalue weighted by atomic mass is 32.2. The molecule has 0 bridgehead atoms. The van der Waals surface area contributed by atoms with Crippen LogP contribution in [0.5, 0.6) is 0 Å². The first-order valence-corrected chi connectivity index (χ1v) is 11.5. The second-order valence-corrected chi connectivity index (χ2v) is 10.2. The molecule has 1 aliphatic heterocycles. The van der Waals surface area contributed by atoms with Crippen LogP contribution in [-0.2, 0) is 16.6 Å². The summed E-state index contributed by atoms with van der Waals surface area (Å²) in [5.74, 6) is 0.349. The lowest BCUT2D eigenvalue weighted by molar-refractivity contribution is 0.0785. The van der Waals surface area contributed by atoms with Crippen molar-refractivity contribution in [2.45, 2.75) is 31.7 Å². The molecule has 0 aliphatic carbocycles. The highest BCUT2D eigenvalue weighted by molar-refractivity contribution is 7.89. The van der Waals surface area contributed by atoms with Crippen LogP contribution in [0.4, 0.5) is 0 Å². The summed E-state index contributed by atoms with van der Waals surface area (Å²) in [4.78, 5) is 14.6. The quantitative estimate of drug-likeness (QED) is 0.734. The van der Waals surface area contributed by atoms with Crippen LogP contribution in [0, 0.1) is 23.2 Å². The molecule has 158 valence electrons. The Morgan fingerprint density at radius 3 is 2.47 bits per heavy atom. The molecule has 30 heavy (non-hydrogen) atoms. The number of nitrogens with zero attached hydrogens (tertiary/aromatic N) is 3. The van der Waals surface area contributed by atoms with Crippen molar-refractivity contribution in [3.63, 3.8) is 0 Å². The molecule has 1 saturated heterocycles. The van der Waals surface area contributed by atoms with E-state index in [1.54, 1.807) is 43.4 Å². The van der Waals surface area contributed by atoms with Gasteiger partial charge in [0.15, 0.2) is 0 Å².